The summed E-state index contributed by atoms with van der Waals surface area (Å²) in [4.78, 5) is 13.7. The summed E-state index contributed by atoms with van der Waals surface area (Å²) in [7, 11) is -2.02. The van der Waals surface area contributed by atoms with Gasteiger partial charge in [0.1, 0.15) is 0 Å². The maximum absolute atomic E-state index is 12.1. The van der Waals surface area contributed by atoms with Crippen LogP contribution in [0.1, 0.15) is 24.0 Å². The minimum Gasteiger partial charge on any atom is -0.453 e. The van der Waals surface area contributed by atoms with Gasteiger partial charge in [0.25, 0.3) is 0 Å². The fourth-order valence-electron chi connectivity index (χ4n) is 3.15. The third-order valence-electron chi connectivity index (χ3n) is 4.19. The standard InChI is InChI=1S/C17H24N2O4S/c1-4-13-7-5-8-14(11-13)12-16-15(18-24(3,21)22)9-6-10-19(16)17(20)23-2/h4-5,7-8,11,15-16,18H,1,6,9-10,12H2,2-3H3/t15-,16-/m1/s1. The summed E-state index contributed by atoms with van der Waals surface area (Å²) in [5.41, 5.74) is 2.01. The molecule has 1 aliphatic rings. The smallest absolute Gasteiger partial charge is 0.409 e. The number of nitrogens with zero attached hydrogens (tertiary/aromatic N) is 1. The molecule has 1 aromatic carbocycles. The molecule has 1 N–H and O–H groups in total. The number of sulfonamides is 1. The van der Waals surface area contributed by atoms with Crippen LogP contribution in [-0.4, -0.2) is 51.4 Å². The van der Waals surface area contributed by atoms with Gasteiger partial charge in [-0.3, -0.25) is 0 Å². The van der Waals surface area contributed by atoms with E-state index in [0.717, 1.165) is 23.8 Å². The average molecular weight is 352 g/mol. The number of amides is 1. The molecule has 0 aliphatic carbocycles. The molecule has 0 radical (unpaired) electrons. The number of nitrogens with one attached hydrogen (secondary N) is 1. The largest absolute Gasteiger partial charge is 0.453 e. The molecule has 132 valence electrons. The molecule has 0 bridgehead atoms. The van der Waals surface area contributed by atoms with Crippen molar-refractivity contribution in [1.82, 2.24) is 9.62 Å². The van der Waals surface area contributed by atoms with Crippen LogP contribution in [0.2, 0.25) is 0 Å². The molecule has 2 atom stereocenters. The lowest BCUT2D eigenvalue weighted by molar-refractivity contribution is 0.0792. The normalized spacial score (nSPS) is 21.3. The van der Waals surface area contributed by atoms with Gasteiger partial charge in [0, 0.05) is 12.6 Å². The van der Waals surface area contributed by atoms with E-state index < -0.39 is 16.1 Å². The average Bonchev–Trinajstić information content (AvgIpc) is 2.54. The lowest BCUT2D eigenvalue weighted by Gasteiger charge is -2.40. The second-order valence-electron chi connectivity index (χ2n) is 6.02. The van der Waals surface area contributed by atoms with Crippen molar-refractivity contribution in [2.24, 2.45) is 0 Å². The molecule has 1 aliphatic heterocycles. The molecule has 0 unspecified atom stereocenters. The molecule has 7 heteroatoms. The van der Waals surface area contributed by atoms with Crippen LogP contribution >= 0.6 is 0 Å². The molecule has 2 rings (SSSR count). The fourth-order valence-corrected chi connectivity index (χ4v) is 3.98. The molecular weight excluding hydrogens is 328 g/mol. The van der Waals surface area contributed by atoms with Gasteiger partial charge in [0.2, 0.25) is 10.0 Å². The van der Waals surface area contributed by atoms with Crippen molar-refractivity contribution in [1.29, 1.82) is 0 Å². The van der Waals surface area contributed by atoms with Crippen molar-refractivity contribution in [2.75, 3.05) is 19.9 Å². The van der Waals surface area contributed by atoms with E-state index in [1.807, 2.05) is 24.3 Å². The zero-order valence-electron chi connectivity index (χ0n) is 14.1. The lowest BCUT2D eigenvalue weighted by Crippen LogP contribution is -2.57. The Morgan fingerprint density at radius 1 is 1.50 bits per heavy atom. The Morgan fingerprint density at radius 3 is 2.88 bits per heavy atom. The van der Waals surface area contributed by atoms with Crippen molar-refractivity contribution in [3.8, 4) is 0 Å². The highest BCUT2D eigenvalue weighted by atomic mass is 32.2. The Hall–Kier alpha value is -1.86. The van der Waals surface area contributed by atoms with Gasteiger partial charge in [-0.25, -0.2) is 17.9 Å². The number of ether oxygens (including phenoxy) is 1. The fraction of sp³-hybridized carbons (Fsp3) is 0.471. The first-order valence-corrected chi connectivity index (χ1v) is 9.76. The van der Waals surface area contributed by atoms with E-state index in [1.165, 1.54) is 7.11 Å². The highest BCUT2D eigenvalue weighted by Crippen LogP contribution is 2.23. The predicted octanol–water partition coefficient (Wildman–Crippen LogP) is 2.02. The third kappa shape index (κ3) is 4.82. The van der Waals surface area contributed by atoms with Gasteiger partial charge in [0.05, 0.1) is 19.4 Å². The molecule has 0 saturated carbocycles. The van der Waals surface area contributed by atoms with Crippen molar-refractivity contribution >= 4 is 22.2 Å². The Labute approximate surface area is 143 Å². The maximum atomic E-state index is 12.1. The molecule has 6 nitrogen and oxygen atoms in total. The number of rotatable bonds is 5. The Kier molecular flexibility index (Phi) is 6.01. The Morgan fingerprint density at radius 2 is 2.25 bits per heavy atom. The third-order valence-corrected chi connectivity index (χ3v) is 4.92. The molecular formula is C17H24N2O4S. The van der Waals surface area contributed by atoms with Crippen LogP contribution in [0.4, 0.5) is 4.79 Å². The van der Waals surface area contributed by atoms with Gasteiger partial charge in [-0.15, -0.1) is 0 Å². The summed E-state index contributed by atoms with van der Waals surface area (Å²) in [6, 6.07) is 7.21. The predicted molar refractivity (Wildman–Crippen MR) is 94.1 cm³/mol. The lowest BCUT2D eigenvalue weighted by atomic mass is 9.91. The topological polar surface area (TPSA) is 75.7 Å². The molecule has 1 heterocycles. The Bertz CT molecular complexity index is 702. The molecule has 1 fully saturated rings. The van der Waals surface area contributed by atoms with Crippen LogP contribution in [0.15, 0.2) is 30.8 Å². The van der Waals surface area contributed by atoms with E-state index >= 15 is 0 Å². The highest BCUT2D eigenvalue weighted by molar-refractivity contribution is 7.88. The van der Waals surface area contributed by atoms with E-state index in [2.05, 4.69) is 11.3 Å². The summed E-state index contributed by atoms with van der Waals surface area (Å²) >= 11 is 0. The van der Waals surface area contributed by atoms with E-state index in [4.69, 9.17) is 4.74 Å². The number of carbonyl (C=O) groups is 1. The minimum atomic E-state index is -3.36. The number of hydrogen-bond acceptors (Lipinski definition) is 4. The zero-order chi connectivity index (χ0) is 17.7. The van der Waals surface area contributed by atoms with E-state index in [0.29, 0.717) is 19.4 Å². The monoisotopic (exact) mass is 352 g/mol. The number of benzene rings is 1. The highest BCUT2D eigenvalue weighted by Gasteiger charge is 2.36. The van der Waals surface area contributed by atoms with Crippen molar-refractivity contribution in [2.45, 2.75) is 31.3 Å². The van der Waals surface area contributed by atoms with Crippen LogP contribution in [0.5, 0.6) is 0 Å². The van der Waals surface area contributed by atoms with Crippen LogP contribution in [0.25, 0.3) is 6.08 Å². The quantitative estimate of drug-likeness (QED) is 0.880. The molecule has 0 spiro atoms. The van der Waals surface area contributed by atoms with Gasteiger partial charge in [0.15, 0.2) is 0 Å². The van der Waals surface area contributed by atoms with Crippen LogP contribution in [-0.2, 0) is 21.2 Å². The SMILES string of the molecule is C=Cc1cccc(C[C@@H]2[C@H](NS(C)(=O)=O)CCCN2C(=O)OC)c1. The van der Waals surface area contributed by atoms with E-state index in [-0.39, 0.29) is 12.1 Å². The number of methoxy groups -OCH3 is 1. The van der Waals surface area contributed by atoms with Gasteiger partial charge in [-0.2, -0.15) is 0 Å². The summed E-state index contributed by atoms with van der Waals surface area (Å²) in [5.74, 6) is 0. The molecule has 1 amide bonds. The van der Waals surface area contributed by atoms with Crippen molar-refractivity contribution in [3.63, 3.8) is 0 Å². The van der Waals surface area contributed by atoms with Gasteiger partial charge in [-0.1, -0.05) is 36.9 Å². The molecule has 0 aromatic heterocycles. The second-order valence-corrected chi connectivity index (χ2v) is 7.80. The Balaban J connectivity index is 2.30. The summed E-state index contributed by atoms with van der Waals surface area (Å²) < 4.78 is 30.9. The maximum Gasteiger partial charge on any atom is 0.409 e. The molecule has 24 heavy (non-hydrogen) atoms. The number of hydrogen-bond donors (Lipinski definition) is 1. The zero-order valence-corrected chi connectivity index (χ0v) is 14.9. The second kappa shape index (κ2) is 7.81. The van der Waals surface area contributed by atoms with Gasteiger partial charge >= 0.3 is 6.09 Å². The number of piperidine rings is 1. The first-order chi connectivity index (χ1) is 11.3. The van der Waals surface area contributed by atoms with E-state index in [9.17, 15) is 13.2 Å². The van der Waals surface area contributed by atoms with Gasteiger partial charge in [-0.05, 0) is 30.4 Å². The summed E-state index contributed by atoms with van der Waals surface area (Å²) in [6.45, 7) is 4.32. The van der Waals surface area contributed by atoms with Crippen LogP contribution in [0.3, 0.4) is 0 Å². The molecule has 1 aromatic rings. The van der Waals surface area contributed by atoms with Crippen molar-refractivity contribution < 1.29 is 17.9 Å². The first-order valence-electron chi connectivity index (χ1n) is 7.87. The minimum absolute atomic E-state index is 0.291. The van der Waals surface area contributed by atoms with Crippen LogP contribution < -0.4 is 4.72 Å². The summed E-state index contributed by atoms with van der Waals surface area (Å²) in [5, 5.41) is 0. The number of carbonyl (C=O) groups excluding carboxylic acids is 1. The van der Waals surface area contributed by atoms with Crippen molar-refractivity contribution in [3.05, 3.63) is 42.0 Å². The van der Waals surface area contributed by atoms with Crippen LogP contribution in [0, 0.1) is 0 Å². The van der Waals surface area contributed by atoms with E-state index in [1.54, 1.807) is 11.0 Å². The number of likely N-dealkylation sites (tertiary alicyclic amines) is 1. The molecule has 1 saturated heterocycles. The van der Waals surface area contributed by atoms with Gasteiger partial charge < -0.3 is 9.64 Å². The first kappa shape index (κ1) is 18.5. The summed E-state index contributed by atoms with van der Waals surface area (Å²) in [6.07, 6.45) is 4.43.